The van der Waals surface area contributed by atoms with E-state index in [1.807, 2.05) is 17.0 Å². The van der Waals surface area contributed by atoms with Crippen molar-refractivity contribution in [1.82, 2.24) is 4.90 Å². The summed E-state index contributed by atoms with van der Waals surface area (Å²) in [4.78, 5) is 14.5. The molecule has 0 aromatic heterocycles. The molecule has 2 aromatic carbocycles. The second kappa shape index (κ2) is 8.70. The summed E-state index contributed by atoms with van der Waals surface area (Å²) >= 11 is 0. The van der Waals surface area contributed by atoms with E-state index in [2.05, 4.69) is 54.7 Å². The van der Waals surface area contributed by atoms with Crippen LogP contribution in [0.4, 0.5) is 5.69 Å². The minimum absolute atomic E-state index is 0.277. The number of likely N-dealkylation sites (tertiary alicyclic amines) is 1. The Morgan fingerprint density at radius 3 is 2.44 bits per heavy atom. The molecule has 0 bridgehead atoms. The molecular formula is C22H28N2O. The second-order valence-electron chi connectivity index (χ2n) is 7.01. The van der Waals surface area contributed by atoms with E-state index in [1.165, 1.54) is 11.1 Å². The van der Waals surface area contributed by atoms with Crippen molar-refractivity contribution >= 4 is 11.6 Å². The number of para-hydroxylation sites is 1. The maximum absolute atomic E-state index is 12.4. The predicted molar refractivity (Wildman–Crippen MR) is 104 cm³/mol. The smallest absolute Gasteiger partial charge is 0.224 e. The number of piperidine rings is 1. The molecule has 1 aliphatic heterocycles. The summed E-state index contributed by atoms with van der Waals surface area (Å²) < 4.78 is 0. The Labute approximate surface area is 151 Å². The molecule has 0 unspecified atom stereocenters. The van der Waals surface area contributed by atoms with E-state index < -0.39 is 0 Å². The zero-order valence-corrected chi connectivity index (χ0v) is 15.1. The van der Waals surface area contributed by atoms with Crippen molar-refractivity contribution in [1.29, 1.82) is 0 Å². The van der Waals surface area contributed by atoms with Gasteiger partial charge in [-0.05, 0) is 49.3 Å². The van der Waals surface area contributed by atoms with E-state index in [9.17, 15) is 4.79 Å². The van der Waals surface area contributed by atoms with E-state index in [0.717, 1.165) is 38.0 Å². The Balaban J connectivity index is 1.39. The van der Waals surface area contributed by atoms with Crippen LogP contribution < -0.4 is 5.32 Å². The number of amides is 1. The number of hydrogen-bond donors (Lipinski definition) is 1. The zero-order chi connectivity index (χ0) is 17.5. The first kappa shape index (κ1) is 17.5. The minimum Gasteiger partial charge on any atom is -0.384 e. The highest BCUT2D eigenvalue weighted by atomic mass is 16.2. The molecule has 1 heterocycles. The highest BCUT2D eigenvalue weighted by Crippen LogP contribution is 2.22. The van der Waals surface area contributed by atoms with Gasteiger partial charge in [-0.25, -0.2) is 0 Å². The lowest BCUT2D eigenvalue weighted by atomic mass is 9.90. The number of carbonyl (C=O) groups excluding carboxylic acids is 1. The third kappa shape index (κ3) is 5.09. The molecule has 3 heteroatoms. The molecular weight excluding hydrogens is 308 g/mol. The van der Waals surface area contributed by atoms with Crippen molar-refractivity contribution in [3.63, 3.8) is 0 Å². The monoisotopic (exact) mass is 336 g/mol. The summed E-state index contributed by atoms with van der Waals surface area (Å²) in [5.41, 5.74) is 3.75. The molecule has 0 radical (unpaired) electrons. The average molecular weight is 336 g/mol. The Bertz CT molecular complexity index is 675. The molecule has 132 valence electrons. The summed E-state index contributed by atoms with van der Waals surface area (Å²) in [7, 11) is 0. The number of hydrogen-bond acceptors (Lipinski definition) is 2. The second-order valence-corrected chi connectivity index (χ2v) is 7.01. The Kier molecular flexibility index (Phi) is 6.10. The van der Waals surface area contributed by atoms with Gasteiger partial charge in [0.2, 0.25) is 5.91 Å². The van der Waals surface area contributed by atoms with Gasteiger partial charge in [0.25, 0.3) is 0 Å². The summed E-state index contributed by atoms with van der Waals surface area (Å²) in [5.74, 6) is 0.982. The molecule has 25 heavy (non-hydrogen) atoms. The third-order valence-electron chi connectivity index (χ3n) is 5.13. The topological polar surface area (TPSA) is 32.3 Å². The van der Waals surface area contributed by atoms with Crippen LogP contribution in [0.2, 0.25) is 0 Å². The van der Waals surface area contributed by atoms with E-state index in [0.29, 0.717) is 18.9 Å². The molecule has 0 aliphatic carbocycles. The van der Waals surface area contributed by atoms with Crippen LogP contribution in [0.3, 0.4) is 0 Å². The van der Waals surface area contributed by atoms with E-state index >= 15 is 0 Å². The predicted octanol–water partition coefficient (Wildman–Crippen LogP) is 4.28. The molecule has 2 aromatic rings. The van der Waals surface area contributed by atoms with E-state index in [-0.39, 0.29) is 5.91 Å². The fourth-order valence-electron chi connectivity index (χ4n) is 3.57. The van der Waals surface area contributed by atoms with Gasteiger partial charge in [-0.15, -0.1) is 0 Å². The number of anilines is 1. The number of nitrogens with zero attached hydrogens (tertiary/aromatic N) is 1. The van der Waals surface area contributed by atoms with Gasteiger partial charge >= 0.3 is 0 Å². The maximum atomic E-state index is 12.4. The number of aryl methyl sites for hydroxylation is 1. The van der Waals surface area contributed by atoms with Crippen LogP contribution >= 0.6 is 0 Å². The van der Waals surface area contributed by atoms with E-state index in [4.69, 9.17) is 0 Å². The quantitative estimate of drug-likeness (QED) is 0.854. The van der Waals surface area contributed by atoms with E-state index in [1.54, 1.807) is 0 Å². The normalized spacial score (nSPS) is 15.2. The van der Waals surface area contributed by atoms with Gasteiger partial charge < -0.3 is 10.2 Å². The summed E-state index contributed by atoms with van der Waals surface area (Å²) in [6.45, 7) is 4.59. The van der Waals surface area contributed by atoms with Gasteiger partial charge in [-0.1, -0.05) is 48.5 Å². The van der Waals surface area contributed by atoms with Crippen LogP contribution in [0.25, 0.3) is 0 Å². The van der Waals surface area contributed by atoms with Crippen LogP contribution in [-0.4, -0.2) is 30.4 Å². The number of rotatable bonds is 6. The summed E-state index contributed by atoms with van der Waals surface area (Å²) in [6.07, 6.45) is 3.94. The van der Waals surface area contributed by atoms with Crippen molar-refractivity contribution in [3.8, 4) is 0 Å². The van der Waals surface area contributed by atoms with Crippen molar-refractivity contribution in [3.05, 3.63) is 65.7 Å². The lowest BCUT2D eigenvalue weighted by Gasteiger charge is -2.32. The molecule has 3 rings (SSSR count). The Hall–Kier alpha value is -2.29. The molecule has 0 atom stereocenters. The van der Waals surface area contributed by atoms with Gasteiger partial charge in [-0.2, -0.15) is 0 Å². The Morgan fingerprint density at radius 2 is 1.72 bits per heavy atom. The minimum atomic E-state index is 0.277. The van der Waals surface area contributed by atoms with Crippen molar-refractivity contribution < 1.29 is 4.79 Å². The van der Waals surface area contributed by atoms with Gasteiger partial charge in [0.05, 0.1) is 0 Å². The van der Waals surface area contributed by atoms with Crippen LogP contribution in [0.5, 0.6) is 0 Å². The first-order valence-corrected chi connectivity index (χ1v) is 9.33. The largest absolute Gasteiger partial charge is 0.384 e. The lowest BCUT2D eigenvalue weighted by Crippen LogP contribution is -2.39. The van der Waals surface area contributed by atoms with Gasteiger partial charge in [0.1, 0.15) is 0 Å². The van der Waals surface area contributed by atoms with Crippen molar-refractivity contribution in [2.75, 3.05) is 25.0 Å². The number of nitrogens with one attached hydrogen (secondary N) is 1. The summed E-state index contributed by atoms with van der Waals surface area (Å²) in [5, 5.41) is 3.38. The molecule has 1 aliphatic rings. The average Bonchev–Trinajstić information content (AvgIpc) is 2.65. The third-order valence-corrected chi connectivity index (χ3v) is 5.13. The van der Waals surface area contributed by atoms with Crippen molar-refractivity contribution in [2.45, 2.75) is 32.6 Å². The molecule has 1 fully saturated rings. The highest BCUT2D eigenvalue weighted by molar-refractivity contribution is 5.76. The van der Waals surface area contributed by atoms with Crippen LogP contribution in [-0.2, 0) is 11.2 Å². The zero-order valence-electron chi connectivity index (χ0n) is 15.1. The first-order valence-electron chi connectivity index (χ1n) is 9.33. The van der Waals surface area contributed by atoms with Gasteiger partial charge in [-0.3, -0.25) is 4.79 Å². The highest BCUT2D eigenvalue weighted by Gasteiger charge is 2.22. The first-order chi connectivity index (χ1) is 12.2. The molecule has 0 spiro atoms. The van der Waals surface area contributed by atoms with Crippen LogP contribution in [0.15, 0.2) is 54.6 Å². The fourth-order valence-corrected chi connectivity index (χ4v) is 3.57. The Morgan fingerprint density at radius 1 is 1.04 bits per heavy atom. The standard InChI is InChI=1S/C22H28N2O/c1-18-7-5-6-10-21(18)23-14-11-22(25)24-15-12-20(13-16-24)17-19-8-3-2-4-9-19/h2-10,20,23H,11-17H2,1H3. The maximum Gasteiger partial charge on any atom is 0.224 e. The number of benzene rings is 2. The van der Waals surface area contributed by atoms with Gasteiger partial charge in [0.15, 0.2) is 0 Å². The molecule has 1 amide bonds. The number of carbonyl (C=O) groups is 1. The molecule has 0 saturated carbocycles. The molecule has 1 saturated heterocycles. The van der Waals surface area contributed by atoms with Crippen LogP contribution in [0.1, 0.15) is 30.4 Å². The fraction of sp³-hybridized carbons (Fsp3) is 0.409. The van der Waals surface area contributed by atoms with Gasteiger partial charge in [0, 0.05) is 31.7 Å². The molecule has 1 N–H and O–H groups in total. The van der Waals surface area contributed by atoms with Crippen LogP contribution in [0, 0.1) is 12.8 Å². The SMILES string of the molecule is Cc1ccccc1NCCC(=O)N1CCC(Cc2ccccc2)CC1. The van der Waals surface area contributed by atoms with Crippen molar-refractivity contribution in [2.24, 2.45) is 5.92 Å². The molecule has 3 nitrogen and oxygen atoms in total. The lowest BCUT2D eigenvalue weighted by molar-refractivity contribution is -0.132. The summed E-state index contributed by atoms with van der Waals surface area (Å²) in [6, 6.07) is 18.9.